The zero-order valence-electron chi connectivity index (χ0n) is 9.86. The van der Waals surface area contributed by atoms with Gasteiger partial charge in [0.25, 0.3) is 5.91 Å². The molecule has 1 amide bonds. The minimum Gasteiger partial charge on any atom is -0.334 e. The van der Waals surface area contributed by atoms with Crippen LogP contribution in [-0.2, 0) is 16.0 Å². The number of hydrogen-bond donors (Lipinski definition) is 1. The number of nitrogens with one attached hydrogen (secondary N) is 1. The van der Waals surface area contributed by atoms with Gasteiger partial charge in [0.2, 0.25) is 5.78 Å². The lowest BCUT2D eigenvalue weighted by Gasteiger charge is -2.26. The average Bonchev–Trinajstić information content (AvgIpc) is 2.75. The van der Waals surface area contributed by atoms with Crippen molar-refractivity contribution in [3.8, 4) is 0 Å². The molecule has 1 aliphatic rings. The number of aryl methyl sites for hydroxylation is 1. The molecule has 1 fully saturated rings. The number of Topliss-reactive ketones (excluding diaryl/α,β-unsaturated/α-hetero) is 1. The Hall–Kier alpha value is -1.20. The van der Waals surface area contributed by atoms with Gasteiger partial charge in [-0.05, 0) is 19.1 Å². The van der Waals surface area contributed by atoms with E-state index < -0.39 is 0 Å². The van der Waals surface area contributed by atoms with E-state index in [0.29, 0.717) is 13.1 Å². The molecule has 0 aromatic carbocycles. The Labute approximate surface area is 105 Å². The maximum Gasteiger partial charge on any atom is 0.290 e. The molecule has 0 aliphatic carbocycles. The van der Waals surface area contributed by atoms with Crippen LogP contribution in [0.15, 0.2) is 12.1 Å². The second-order valence-corrected chi connectivity index (χ2v) is 5.53. The molecule has 0 saturated carbocycles. The molecule has 1 N–H and O–H groups in total. The molecule has 0 spiro atoms. The summed E-state index contributed by atoms with van der Waals surface area (Å²) < 4.78 is 0. The van der Waals surface area contributed by atoms with Crippen molar-refractivity contribution >= 4 is 23.0 Å². The molecule has 1 aliphatic heterocycles. The normalized spacial score (nSPS) is 15.9. The van der Waals surface area contributed by atoms with Gasteiger partial charge >= 0.3 is 0 Å². The van der Waals surface area contributed by atoms with E-state index >= 15 is 0 Å². The van der Waals surface area contributed by atoms with Gasteiger partial charge in [-0.1, -0.05) is 0 Å². The molecular weight excluding hydrogens is 236 g/mol. The van der Waals surface area contributed by atoms with Crippen LogP contribution < -0.4 is 5.32 Å². The minimum atomic E-state index is -0.336. The monoisotopic (exact) mass is 252 g/mol. The topological polar surface area (TPSA) is 49.4 Å². The fraction of sp³-hybridized carbons (Fsp3) is 0.500. The molecule has 5 heteroatoms. The van der Waals surface area contributed by atoms with Crippen molar-refractivity contribution < 1.29 is 9.59 Å². The first-order valence-electron chi connectivity index (χ1n) is 5.75. The van der Waals surface area contributed by atoms with Gasteiger partial charge in [0.05, 0.1) is 6.42 Å². The van der Waals surface area contributed by atoms with Crippen molar-refractivity contribution in [3.05, 3.63) is 21.9 Å². The zero-order valence-corrected chi connectivity index (χ0v) is 10.7. The highest BCUT2D eigenvalue weighted by molar-refractivity contribution is 7.12. The van der Waals surface area contributed by atoms with E-state index in [1.165, 1.54) is 4.88 Å². The third-order valence-electron chi connectivity index (χ3n) is 2.77. The maximum atomic E-state index is 11.9. The molecule has 1 aromatic heterocycles. The van der Waals surface area contributed by atoms with Gasteiger partial charge in [0.15, 0.2) is 0 Å². The minimum absolute atomic E-state index is 0.237. The van der Waals surface area contributed by atoms with Crippen molar-refractivity contribution in [2.75, 3.05) is 26.2 Å². The standard InChI is InChI=1S/C12H16N2O2S/c1-9-2-3-10(17-9)8-11(15)12(16)14-6-4-13-5-7-14/h2-3,13H,4-8H2,1H3. The van der Waals surface area contributed by atoms with Crippen molar-refractivity contribution in [2.45, 2.75) is 13.3 Å². The molecule has 2 heterocycles. The number of thiophene rings is 1. The summed E-state index contributed by atoms with van der Waals surface area (Å²) in [6.45, 7) is 4.81. The molecule has 17 heavy (non-hydrogen) atoms. The summed E-state index contributed by atoms with van der Waals surface area (Å²) in [5, 5.41) is 3.16. The molecule has 92 valence electrons. The summed E-state index contributed by atoms with van der Waals surface area (Å²) in [5.74, 6) is -0.633. The molecule has 1 saturated heterocycles. The Balaban J connectivity index is 1.92. The van der Waals surface area contributed by atoms with Crippen molar-refractivity contribution in [2.24, 2.45) is 0 Å². The van der Waals surface area contributed by atoms with Crippen LogP contribution in [0.4, 0.5) is 0 Å². The number of ketones is 1. The highest BCUT2D eigenvalue weighted by Gasteiger charge is 2.23. The predicted octanol–water partition coefficient (Wildman–Crippen LogP) is 0.600. The van der Waals surface area contributed by atoms with Gasteiger partial charge in [-0.3, -0.25) is 9.59 Å². The lowest BCUT2D eigenvalue weighted by atomic mass is 10.2. The second-order valence-electron chi connectivity index (χ2n) is 4.15. The predicted molar refractivity (Wildman–Crippen MR) is 67.2 cm³/mol. The Kier molecular flexibility index (Phi) is 3.91. The Morgan fingerprint density at radius 1 is 1.35 bits per heavy atom. The maximum absolute atomic E-state index is 11.9. The van der Waals surface area contributed by atoms with Crippen LogP contribution in [0, 0.1) is 6.92 Å². The summed E-state index contributed by atoms with van der Waals surface area (Å²) in [7, 11) is 0. The molecule has 0 radical (unpaired) electrons. The van der Waals surface area contributed by atoms with E-state index in [-0.39, 0.29) is 18.1 Å². The largest absolute Gasteiger partial charge is 0.334 e. The number of hydrogen-bond acceptors (Lipinski definition) is 4. The summed E-state index contributed by atoms with van der Waals surface area (Å²) in [6, 6.07) is 3.89. The zero-order chi connectivity index (χ0) is 12.3. The van der Waals surface area contributed by atoms with Crippen LogP contribution in [-0.4, -0.2) is 42.8 Å². The Morgan fingerprint density at radius 2 is 2.06 bits per heavy atom. The Morgan fingerprint density at radius 3 is 2.65 bits per heavy atom. The van der Waals surface area contributed by atoms with Gasteiger partial charge < -0.3 is 10.2 Å². The molecule has 1 aromatic rings. The van der Waals surface area contributed by atoms with Crippen LogP contribution in [0.5, 0.6) is 0 Å². The van der Waals surface area contributed by atoms with Gasteiger partial charge in [-0.15, -0.1) is 11.3 Å². The highest BCUT2D eigenvalue weighted by atomic mass is 32.1. The third kappa shape index (κ3) is 3.14. The van der Waals surface area contributed by atoms with E-state index in [2.05, 4.69) is 5.32 Å². The van der Waals surface area contributed by atoms with E-state index in [1.807, 2.05) is 19.1 Å². The van der Waals surface area contributed by atoms with Crippen LogP contribution in [0.1, 0.15) is 9.75 Å². The van der Waals surface area contributed by atoms with E-state index in [1.54, 1.807) is 16.2 Å². The number of carbonyl (C=O) groups is 2. The summed E-state index contributed by atoms with van der Waals surface area (Å²) in [4.78, 5) is 27.5. The SMILES string of the molecule is Cc1ccc(CC(=O)C(=O)N2CCNCC2)s1. The molecule has 0 bridgehead atoms. The number of carbonyl (C=O) groups excluding carboxylic acids is 2. The fourth-order valence-corrected chi connectivity index (χ4v) is 2.75. The van der Waals surface area contributed by atoms with Crippen LogP contribution in [0.2, 0.25) is 0 Å². The van der Waals surface area contributed by atoms with Crippen molar-refractivity contribution in [1.29, 1.82) is 0 Å². The second kappa shape index (κ2) is 5.42. The number of amides is 1. The number of piperazine rings is 1. The molecule has 4 nitrogen and oxygen atoms in total. The van der Waals surface area contributed by atoms with Gasteiger partial charge in [-0.25, -0.2) is 0 Å². The first-order chi connectivity index (χ1) is 8.16. The number of nitrogens with zero attached hydrogens (tertiary/aromatic N) is 1. The molecular formula is C12H16N2O2S. The van der Waals surface area contributed by atoms with Crippen LogP contribution in [0.25, 0.3) is 0 Å². The van der Waals surface area contributed by atoms with E-state index in [4.69, 9.17) is 0 Å². The quantitative estimate of drug-likeness (QED) is 0.801. The molecule has 0 unspecified atom stereocenters. The first kappa shape index (κ1) is 12.3. The lowest BCUT2D eigenvalue weighted by Crippen LogP contribution is -2.49. The molecule has 2 rings (SSSR count). The van der Waals surface area contributed by atoms with Crippen LogP contribution in [0.3, 0.4) is 0 Å². The first-order valence-corrected chi connectivity index (χ1v) is 6.56. The highest BCUT2D eigenvalue weighted by Crippen LogP contribution is 2.16. The van der Waals surface area contributed by atoms with Crippen LogP contribution >= 0.6 is 11.3 Å². The average molecular weight is 252 g/mol. The molecule has 0 atom stereocenters. The summed E-state index contributed by atoms with van der Waals surface area (Å²) >= 11 is 1.58. The van der Waals surface area contributed by atoms with Gasteiger partial charge in [0.1, 0.15) is 0 Å². The fourth-order valence-electron chi connectivity index (χ4n) is 1.86. The Bertz CT molecular complexity index is 422. The van der Waals surface area contributed by atoms with E-state index in [9.17, 15) is 9.59 Å². The van der Waals surface area contributed by atoms with Gasteiger partial charge in [-0.2, -0.15) is 0 Å². The van der Waals surface area contributed by atoms with Crippen molar-refractivity contribution in [1.82, 2.24) is 10.2 Å². The smallest absolute Gasteiger partial charge is 0.290 e. The van der Waals surface area contributed by atoms with Crippen molar-refractivity contribution in [3.63, 3.8) is 0 Å². The lowest BCUT2D eigenvalue weighted by molar-refractivity contribution is -0.144. The van der Waals surface area contributed by atoms with E-state index in [0.717, 1.165) is 18.0 Å². The third-order valence-corrected chi connectivity index (χ3v) is 3.77. The van der Waals surface area contributed by atoms with Gasteiger partial charge in [0, 0.05) is 35.9 Å². The summed E-state index contributed by atoms with van der Waals surface area (Å²) in [5.41, 5.74) is 0. The summed E-state index contributed by atoms with van der Waals surface area (Å²) in [6.07, 6.45) is 0.237. The number of rotatable bonds is 3.